The van der Waals surface area contributed by atoms with E-state index in [0.29, 0.717) is 17.1 Å². The second kappa shape index (κ2) is 6.60. The maximum atomic E-state index is 11.9. The minimum absolute atomic E-state index is 0.198. The number of anilines is 1. The number of fused-ring (bicyclic) bond motifs is 1. The molecule has 7 nitrogen and oxygen atoms in total. The van der Waals surface area contributed by atoms with Gasteiger partial charge in [0.15, 0.2) is 5.52 Å². The summed E-state index contributed by atoms with van der Waals surface area (Å²) in [6.45, 7) is 5.85. The molecule has 0 aliphatic carbocycles. The highest BCUT2D eigenvalue weighted by Crippen LogP contribution is 2.23. The van der Waals surface area contributed by atoms with Gasteiger partial charge < -0.3 is 9.88 Å². The molecule has 0 saturated carbocycles. The summed E-state index contributed by atoms with van der Waals surface area (Å²) >= 11 is 0. The fourth-order valence-corrected chi connectivity index (χ4v) is 3.29. The van der Waals surface area contributed by atoms with Crippen LogP contribution >= 0.6 is 0 Å². The van der Waals surface area contributed by atoms with Crippen LogP contribution in [0.3, 0.4) is 0 Å². The highest BCUT2D eigenvalue weighted by molar-refractivity contribution is 5.74. The predicted molar refractivity (Wildman–Crippen MR) is 96.6 cm³/mol. The van der Waals surface area contributed by atoms with Gasteiger partial charge in [-0.05, 0) is 30.7 Å². The number of piperazine rings is 1. The van der Waals surface area contributed by atoms with Gasteiger partial charge in [-0.2, -0.15) is 0 Å². The zero-order chi connectivity index (χ0) is 17.2. The third-order valence-corrected chi connectivity index (χ3v) is 4.83. The average Bonchev–Trinajstić information content (AvgIpc) is 2.68. The lowest BCUT2D eigenvalue weighted by Gasteiger charge is -2.38. The Kier molecular flexibility index (Phi) is 4.15. The van der Waals surface area contributed by atoms with Crippen molar-refractivity contribution in [2.45, 2.75) is 13.0 Å². The summed E-state index contributed by atoms with van der Waals surface area (Å²) < 4.78 is 0. The van der Waals surface area contributed by atoms with E-state index in [1.807, 2.05) is 24.4 Å². The molecule has 128 valence electrons. The van der Waals surface area contributed by atoms with Crippen molar-refractivity contribution >= 4 is 16.9 Å². The predicted octanol–water partition coefficient (Wildman–Crippen LogP) is 1.60. The molecular weight excluding hydrogens is 316 g/mol. The second-order valence-corrected chi connectivity index (χ2v) is 6.25. The van der Waals surface area contributed by atoms with Crippen molar-refractivity contribution in [2.75, 3.05) is 31.1 Å². The molecule has 4 rings (SSSR count). The van der Waals surface area contributed by atoms with Gasteiger partial charge in [-0.25, -0.2) is 9.97 Å². The molecule has 0 amide bonds. The van der Waals surface area contributed by atoms with Gasteiger partial charge in [0.2, 0.25) is 0 Å². The first-order chi connectivity index (χ1) is 12.2. The van der Waals surface area contributed by atoms with Gasteiger partial charge in [0.05, 0.1) is 11.8 Å². The normalized spacial score (nSPS) is 16.9. The topological polar surface area (TPSA) is 78.0 Å². The largest absolute Gasteiger partial charge is 0.354 e. The number of rotatable bonds is 3. The van der Waals surface area contributed by atoms with Gasteiger partial charge in [0.1, 0.15) is 5.82 Å². The molecule has 3 aromatic heterocycles. The first-order valence-corrected chi connectivity index (χ1v) is 8.46. The lowest BCUT2D eigenvalue weighted by molar-refractivity contribution is 0.198. The Labute approximate surface area is 145 Å². The Hall–Kier alpha value is -2.80. The van der Waals surface area contributed by atoms with E-state index < -0.39 is 0 Å². The lowest BCUT2D eigenvalue weighted by Crippen LogP contribution is -2.47. The molecule has 1 aliphatic rings. The van der Waals surface area contributed by atoms with E-state index in [2.05, 4.69) is 42.7 Å². The third-order valence-electron chi connectivity index (χ3n) is 4.83. The number of nitrogens with one attached hydrogen (secondary N) is 1. The first-order valence-electron chi connectivity index (χ1n) is 8.46. The van der Waals surface area contributed by atoms with Crippen LogP contribution in [-0.2, 0) is 0 Å². The molecule has 0 radical (unpaired) electrons. The van der Waals surface area contributed by atoms with Gasteiger partial charge in [0.25, 0.3) is 5.56 Å². The summed E-state index contributed by atoms with van der Waals surface area (Å²) in [5, 5.41) is 0. The van der Waals surface area contributed by atoms with E-state index >= 15 is 0 Å². The fourth-order valence-electron chi connectivity index (χ4n) is 3.29. The highest BCUT2D eigenvalue weighted by atomic mass is 16.1. The van der Waals surface area contributed by atoms with Crippen molar-refractivity contribution in [3.63, 3.8) is 0 Å². The monoisotopic (exact) mass is 336 g/mol. The maximum absolute atomic E-state index is 11.9. The van der Waals surface area contributed by atoms with Crippen molar-refractivity contribution in [1.29, 1.82) is 0 Å². The number of nitrogens with zero attached hydrogens (tertiary/aromatic N) is 5. The van der Waals surface area contributed by atoms with E-state index in [9.17, 15) is 4.79 Å². The quantitative estimate of drug-likeness (QED) is 0.783. The Morgan fingerprint density at radius 2 is 2.00 bits per heavy atom. The van der Waals surface area contributed by atoms with Crippen molar-refractivity contribution in [3.05, 3.63) is 58.9 Å². The van der Waals surface area contributed by atoms with E-state index in [4.69, 9.17) is 0 Å². The highest BCUT2D eigenvalue weighted by Gasteiger charge is 2.23. The molecule has 0 spiro atoms. The standard InChI is InChI=1S/C18H20N6O/c1-13(14-3-2-6-19-11-14)23-7-9-24(10-8-23)16-5-4-15-17(22-16)18(25)21-12-20-15/h2-6,11-13H,7-10H2,1H3,(H,20,21,25). The zero-order valence-corrected chi connectivity index (χ0v) is 14.1. The molecule has 1 aliphatic heterocycles. The minimum Gasteiger partial charge on any atom is -0.354 e. The molecule has 7 heteroatoms. The molecule has 1 atom stereocenters. The van der Waals surface area contributed by atoms with Gasteiger partial charge in [-0.3, -0.25) is 14.7 Å². The maximum Gasteiger partial charge on any atom is 0.277 e. The summed E-state index contributed by atoms with van der Waals surface area (Å²) in [7, 11) is 0. The van der Waals surface area contributed by atoms with E-state index in [-0.39, 0.29) is 5.56 Å². The van der Waals surface area contributed by atoms with E-state index in [1.54, 1.807) is 6.20 Å². The number of hydrogen-bond donors (Lipinski definition) is 1. The van der Waals surface area contributed by atoms with Gasteiger partial charge in [0, 0.05) is 44.6 Å². The SMILES string of the molecule is CC(c1cccnc1)N1CCN(c2ccc3nc[nH]c(=O)c3n2)CC1. The molecule has 3 aromatic rings. The molecule has 0 bridgehead atoms. The zero-order valence-electron chi connectivity index (χ0n) is 14.1. The molecule has 25 heavy (non-hydrogen) atoms. The Morgan fingerprint density at radius 1 is 1.16 bits per heavy atom. The second-order valence-electron chi connectivity index (χ2n) is 6.25. The van der Waals surface area contributed by atoms with Crippen LogP contribution in [-0.4, -0.2) is 51.0 Å². The van der Waals surface area contributed by atoms with Crippen molar-refractivity contribution in [3.8, 4) is 0 Å². The Balaban J connectivity index is 1.49. The van der Waals surface area contributed by atoms with Gasteiger partial charge in [-0.15, -0.1) is 0 Å². The Bertz CT molecular complexity index is 918. The van der Waals surface area contributed by atoms with Crippen LogP contribution in [0.15, 0.2) is 47.8 Å². The number of H-pyrrole nitrogens is 1. The van der Waals surface area contributed by atoms with Crippen LogP contribution in [0.1, 0.15) is 18.5 Å². The van der Waals surface area contributed by atoms with Gasteiger partial charge >= 0.3 is 0 Å². The molecule has 0 aromatic carbocycles. The van der Waals surface area contributed by atoms with Crippen molar-refractivity contribution in [1.82, 2.24) is 24.8 Å². The average molecular weight is 336 g/mol. The number of aromatic amines is 1. The summed E-state index contributed by atoms with van der Waals surface area (Å²) in [5.74, 6) is 0.833. The van der Waals surface area contributed by atoms with Crippen LogP contribution in [0, 0.1) is 0 Å². The smallest absolute Gasteiger partial charge is 0.277 e. The van der Waals surface area contributed by atoms with Crippen LogP contribution < -0.4 is 10.5 Å². The first kappa shape index (κ1) is 15.7. The lowest BCUT2D eigenvalue weighted by atomic mass is 10.1. The molecular formula is C18H20N6O. The van der Waals surface area contributed by atoms with Crippen LogP contribution in [0.2, 0.25) is 0 Å². The summed E-state index contributed by atoms with van der Waals surface area (Å²) in [5.41, 5.74) is 2.05. The number of hydrogen-bond acceptors (Lipinski definition) is 6. The molecule has 1 fully saturated rings. The van der Waals surface area contributed by atoms with Crippen LogP contribution in [0.4, 0.5) is 5.82 Å². The van der Waals surface area contributed by atoms with Crippen LogP contribution in [0.25, 0.3) is 11.0 Å². The van der Waals surface area contributed by atoms with Crippen molar-refractivity contribution in [2.24, 2.45) is 0 Å². The van der Waals surface area contributed by atoms with Gasteiger partial charge in [-0.1, -0.05) is 6.07 Å². The third kappa shape index (κ3) is 3.10. The summed E-state index contributed by atoms with van der Waals surface area (Å²) in [6.07, 6.45) is 5.14. The van der Waals surface area contributed by atoms with E-state index in [0.717, 1.165) is 32.0 Å². The number of aromatic nitrogens is 4. The van der Waals surface area contributed by atoms with E-state index in [1.165, 1.54) is 11.9 Å². The number of pyridine rings is 2. The summed E-state index contributed by atoms with van der Waals surface area (Å²) in [6, 6.07) is 8.24. The molecule has 1 N–H and O–H groups in total. The minimum atomic E-state index is -0.198. The Morgan fingerprint density at radius 3 is 2.76 bits per heavy atom. The van der Waals surface area contributed by atoms with Crippen LogP contribution in [0.5, 0.6) is 0 Å². The van der Waals surface area contributed by atoms with Crippen molar-refractivity contribution < 1.29 is 0 Å². The molecule has 4 heterocycles. The fraction of sp³-hybridized carbons (Fsp3) is 0.333. The molecule has 1 unspecified atom stereocenters. The molecule has 1 saturated heterocycles. The summed E-state index contributed by atoms with van der Waals surface area (Å²) in [4.78, 5) is 32.1.